The maximum Gasteiger partial charge on any atom is 0.185 e. The molecule has 0 saturated heterocycles. The van der Waals surface area contributed by atoms with E-state index in [2.05, 4.69) is 20.8 Å². The molecule has 1 heteroatoms. The molecule has 0 aliphatic carbocycles. The van der Waals surface area contributed by atoms with Gasteiger partial charge in [-0.25, -0.2) is 0 Å². The van der Waals surface area contributed by atoms with E-state index in [1.54, 1.807) is 12.2 Å². The minimum atomic E-state index is 0.0676. The van der Waals surface area contributed by atoms with Gasteiger partial charge in [0.25, 0.3) is 0 Å². The predicted octanol–water partition coefficient (Wildman–Crippen LogP) is 3.74. The number of hydrogen-bond donors (Lipinski definition) is 0. The Bertz CT molecular complexity index is 363. The molecule has 1 aromatic rings. The molecule has 0 aliphatic rings. The first kappa shape index (κ1) is 11.7. The van der Waals surface area contributed by atoms with Gasteiger partial charge in [0, 0.05) is 5.56 Å². The second-order valence-electron chi connectivity index (χ2n) is 4.69. The summed E-state index contributed by atoms with van der Waals surface area (Å²) in [6.45, 7) is 8.34. The highest BCUT2D eigenvalue weighted by atomic mass is 16.1. The number of carbonyl (C=O) groups is 1. The molecule has 0 bridgehead atoms. The lowest BCUT2D eigenvalue weighted by atomic mass is 9.86. The number of carbonyl (C=O) groups excluding carboxylic acids is 1. The first-order valence-electron chi connectivity index (χ1n) is 5.22. The second-order valence-corrected chi connectivity index (χ2v) is 4.69. The van der Waals surface area contributed by atoms with Crippen molar-refractivity contribution in [1.82, 2.24) is 0 Å². The van der Waals surface area contributed by atoms with Gasteiger partial charge in [-0.1, -0.05) is 51.1 Å². The molecule has 0 radical (unpaired) electrons. The minimum absolute atomic E-state index is 0.0676. The first-order valence-corrected chi connectivity index (χ1v) is 5.22. The van der Waals surface area contributed by atoms with Crippen LogP contribution in [0.25, 0.3) is 0 Å². The summed E-state index contributed by atoms with van der Waals surface area (Å²) in [5.74, 6) is 0.0676. The fourth-order valence-corrected chi connectivity index (χ4v) is 1.38. The lowest BCUT2D eigenvalue weighted by Crippen LogP contribution is -2.11. The normalized spacial score (nSPS) is 12.0. The van der Waals surface area contributed by atoms with Crippen LogP contribution in [0.4, 0.5) is 0 Å². The Morgan fingerprint density at radius 3 is 2.07 bits per heavy atom. The Hall–Kier alpha value is -1.37. The molecular formula is C14H18O. The van der Waals surface area contributed by atoms with E-state index in [9.17, 15) is 4.79 Å². The Morgan fingerprint density at radius 2 is 1.67 bits per heavy atom. The molecule has 1 aromatic carbocycles. The van der Waals surface area contributed by atoms with Gasteiger partial charge >= 0.3 is 0 Å². The van der Waals surface area contributed by atoms with Crippen LogP contribution in [0.1, 0.15) is 43.6 Å². The van der Waals surface area contributed by atoms with Gasteiger partial charge in [-0.05, 0) is 24.0 Å². The van der Waals surface area contributed by atoms with Crippen LogP contribution < -0.4 is 0 Å². The minimum Gasteiger partial charge on any atom is -0.289 e. The van der Waals surface area contributed by atoms with E-state index in [1.165, 1.54) is 5.56 Å². The lowest BCUT2D eigenvalue weighted by Gasteiger charge is -2.18. The summed E-state index contributed by atoms with van der Waals surface area (Å²) in [5, 5.41) is 0. The van der Waals surface area contributed by atoms with Crippen molar-refractivity contribution < 1.29 is 4.79 Å². The summed E-state index contributed by atoms with van der Waals surface area (Å²) in [4.78, 5) is 11.5. The molecule has 0 atom stereocenters. The zero-order chi connectivity index (χ0) is 11.5. The third-order valence-corrected chi connectivity index (χ3v) is 2.35. The molecule has 0 aromatic heterocycles. The van der Waals surface area contributed by atoms with Crippen LogP contribution in [0.5, 0.6) is 0 Å². The summed E-state index contributed by atoms with van der Waals surface area (Å²) in [5.41, 5.74) is 2.14. The van der Waals surface area contributed by atoms with Crippen LogP contribution >= 0.6 is 0 Å². The quantitative estimate of drug-likeness (QED) is 0.527. The van der Waals surface area contributed by atoms with Gasteiger partial charge in [0.15, 0.2) is 5.78 Å². The van der Waals surface area contributed by atoms with Crippen molar-refractivity contribution in [2.75, 3.05) is 0 Å². The van der Waals surface area contributed by atoms with Crippen molar-refractivity contribution in [2.45, 2.75) is 33.1 Å². The van der Waals surface area contributed by atoms with E-state index in [-0.39, 0.29) is 11.2 Å². The maximum absolute atomic E-state index is 11.5. The smallest absolute Gasteiger partial charge is 0.185 e. The standard InChI is InChI=1S/C14H18O/c1-5-6-13(15)11-7-9-12(10-8-11)14(2,3)4/h5-10H,1-4H3. The molecule has 0 saturated carbocycles. The van der Waals surface area contributed by atoms with Crippen molar-refractivity contribution in [2.24, 2.45) is 0 Å². The number of ketones is 1. The van der Waals surface area contributed by atoms with Gasteiger partial charge in [0.2, 0.25) is 0 Å². The van der Waals surface area contributed by atoms with E-state index < -0.39 is 0 Å². The number of benzene rings is 1. The molecule has 0 N–H and O–H groups in total. The Balaban J connectivity index is 2.95. The summed E-state index contributed by atoms with van der Waals surface area (Å²) in [6.07, 6.45) is 3.35. The van der Waals surface area contributed by atoms with Crippen LogP contribution in [0.15, 0.2) is 36.4 Å². The maximum atomic E-state index is 11.5. The fraction of sp³-hybridized carbons (Fsp3) is 0.357. The van der Waals surface area contributed by atoms with E-state index >= 15 is 0 Å². The van der Waals surface area contributed by atoms with Crippen LogP contribution in [-0.2, 0) is 5.41 Å². The van der Waals surface area contributed by atoms with E-state index in [4.69, 9.17) is 0 Å². The molecule has 0 heterocycles. The average Bonchev–Trinajstić information content (AvgIpc) is 2.17. The average molecular weight is 202 g/mol. The van der Waals surface area contributed by atoms with Crippen LogP contribution in [0, 0.1) is 0 Å². The number of rotatable bonds is 2. The number of hydrogen-bond acceptors (Lipinski definition) is 1. The third kappa shape index (κ3) is 3.05. The molecule has 0 fully saturated rings. The third-order valence-electron chi connectivity index (χ3n) is 2.35. The van der Waals surface area contributed by atoms with E-state index in [0.29, 0.717) is 0 Å². The highest BCUT2D eigenvalue weighted by Crippen LogP contribution is 2.22. The number of allylic oxidation sites excluding steroid dienone is 2. The summed E-state index contributed by atoms with van der Waals surface area (Å²) < 4.78 is 0. The van der Waals surface area contributed by atoms with Crippen LogP contribution in [0.3, 0.4) is 0 Å². The Morgan fingerprint density at radius 1 is 1.13 bits per heavy atom. The molecular weight excluding hydrogens is 184 g/mol. The largest absolute Gasteiger partial charge is 0.289 e. The van der Waals surface area contributed by atoms with Crippen molar-refractivity contribution in [3.63, 3.8) is 0 Å². The van der Waals surface area contributed by atoms with E-state index in [1.807, 2.05) is 31.2 Å². The molecule has 0 aliphatic heterocycles. The molecule has 0 spiro atoms. The summed E-state index contributed by atoms with van der Waals surface area (Å²) in [7, 11) is 0. The molecule has 15 heavy (non-hydrogen) atoms. The van der Waals surface area contributed by atoms with Gasteiger partial charge in [-0.3, -0.25) is 4.79 Å². The molecule has 1 nitrogen and oxygen atoms in total. The van der Waals surface area contributed by atoms with E-state index in [0.717, 1.165) is 5.56 Å². The van der Waals surface area contributed by atoms with Gasteiger partial charge < -0.3 is 0 Å². The molecule has 80 valence electrons. The van der Waals surface area contributed by atoms with Crippen molar-refractivity contribution in [3.05, 3.63) is 47.5 Å². The van der Waals surface area contributed by atoms with Crippen molar-refractivity contribution in [1.29, 1.82) is 0 Å². The molecule has 0 unspecified atom stereocenters. The van der Waals surface area contributed by atoms with Gasteiger partial charge in [-0.2, -0.15) is 0 Å². The zero-order valence-electron chi connectivity index (χ0n) is 9.87. The fourth-order valence-electron chi connectivity index (χ4n) is 1.38. The van der Waals surface area contributed by atoms with Gasteiger partial charge in [0.1, 0.15) is 0 Å². The Kier molecular flexibility index (Phi) is 3.46. The molecule has 0 amide bonds. The lowest BCUT2D eigenvalue weighted by molar-refractivity contribution is 0.104. The highest BCUT2D eigenvalue weighted by molar-refractivity contribution is 6.04. The SMILES string of the molecule is CC=CC(=O)c1ccc(C(C)(C)C)cc1. The first-order chi connectivity index (χ1) is 6.95. The van der Waals surface area contributed by atoms with Gasteiger partial charge in [0.05, 0.1) is 0 Å². The van der Waals surface area contributed by atoms with Crippen molar-refractivity contribution in [3.8, 4) is 0 Å². The topological polar surface area (TPSA) is 17.1 Å². The predicted molar refractivity (Wildman–Crippen MR) is 64.3 cm³/mol. The summed E-state index contributed by atoms with van der Waals surface area (Å²) >= 11 is 0. The van der Waals surface area contributed by atoms with Crippen LogP contribution in [0.2, 0.25) is 0 Å². The molecule has 1 rings (SSSR count). The van der Waals surface area contributed by atoms with Crippen LogP contribution in [-0.4, -0.2) is 5.78 Å². The van der Waals surface area contributed by atoms with Gasteiger partial charge in [-0.15, -0.1) is 0 Å². The zero-order valence-corrected chi connectivity index (χ0v) is 9.87. The monoisotopic (exact) mass is 202 g/mol. The summed E-state index contributed by atoms with van der Waals surface area (Å²) in [6, 6.07) is 7.83. The van der Waals surface area contributed by atoms with Crippen molar-refractivity contribution >= 4 is 5.78 Å². The second kappa shape index (κ2) is 4.43. The highest BCUT2D eigenvalue weighted by Gasteiger charge is 2.13. The Labute approximate surface area is 91.8 Å².